The number of rotatable bonds is 6. The number of ether oxygens (including phenoxy) is 1. The summed E-state index contributed by atoms with van der Waals surface area (Å²) < 4.78 is 17.1. The van der Waals surface area contributed by atoms with E-state index in [2.05, 4.69) is 15.9 Å². The molecule has 1 aliphatic heterocycles. The van der Waals surface area contributed by atoms with Crippen LogP contribution in [-0.2, 0) is 0 Å². The average molecular weight is 439 g/mol. The Bertz CT molecular complexity index is 1260. The van der Waals surface area contributed by atoms with Crippen LogP contribution >= 0.6 is 11.6 Å². The van der Waals surface area contributed by atoms with Crippen molar-refractivity contribution in [3.8, 4) is 5.75 Å². The first-order valence-corrected chi connectivity index (χ1v) is 10.9. The summed E-state index contributed by atoms with van der Waals surface area (Å²) in [4.78, 5) is 16.5. The van der Waals surface area contributed by atoms with Gasteiger partial charge in [0.05, 0.1) is 23.6 Å². The fourth-order valence-corrected chi connectivity index (χ4v) is 4.38. The predicted octanol–water partition coefficient (Wildman–Crippen LogP) is 4.78. The molecule has 0 unspecified atom stereocenters. The summed E-state index contributed by atoms with van der Waals surface area (Å²) in [6.45, 7) is 5.32. The van der Waals surface area contributed by atoms with Crippen molar-refractivity contribution in [1.82, 2.24) is 4.90 Å². The first kappa shape index (κ1) is 20.0. The van der Waals surface area contributed by atoms with Crippen LogP contribution < -0.4 is 15.3 Å². The van der Waals surface area contributed by atoms with E-state index < -0.39 is 5.63 Å². The molecule has 1 fully saturated rings. The maximum absolute atomic E-state index is 11.7. The molecule has 0 spiro atoms. The molecule has 4 aromatic rings. The third-order valence-corrected chi connectivity index (χ3v) is 6.03. The Labute approximate surface area is 184 Å². The van der Waals surface area contributed by atoms with Gasteiger partial charge in [-0.15, -0.1) is 0 Å². The predicted molar refractivity (Wildman–Crippen MR) is 122 cm³/mol. The largest absolute Gasteiger partial charge is 0.486 e. The number of anilines is 1. The molecule has 2 aromatic carbocycles. The number of benzene rings is 2. The summed E-state index contributed by atoms with van der Waals surface area (Å²) in [5.74, 6) is 0.499. The van der Waals surface area contributed by atoms with Crippen LogP contribution in [0.4, 0.5) is 5.69 Å². The van der Waals surface area contributed by atoms with Crippen LogP contribution in [0.25, 0.3) is 21.9 Å². The average Bonchev–Trinajstić information content (AvgIpc) is 3.25. The van der Waals surface area contributed by atoms with Crippen LogP contribution in [-0.4, -0.2) is 44.2 Å². The molecule has 3 heterocycles. The van der Waals surface area contributed by atoms with Crippen LogP contribution in [0.5, 0.6) is 5.75 Å². The Balaban J connectivity index is 1.19. The van der Waals surface area contributed by atoms with Gasteiger partial charge in [0.25, 0.3) is 0 Å². The molecule has 6 nitrogen and oxygen atoms in total. The van der Waals surface area contributed by atoms with E-state index in [1.807, 2.05) is 30.3 Å². The Kier molecular flexibility index (Phi) is 5.57. The smallest absolute Gasteiger partial charge is 0.336 e. The van der Waals surface area contributed by atoms with E-state index in [1.165, 1.54) is 6.07 Å². The van der Waals surface area contributed by atoms with Crippen LogP contribution in [0.15, 0.2) is 68.4 Å². The second kappa shape index (κ2) is 8.65. The number of fused-ring (bicyclic) bond motifs is 2. The highest BCUT2D eigenvalue weighted by Crippen LogP contribution is 2.35. The topological polar surface area (TPSA) is 59.1 Å². The van der Waals surface area contributed by atoms with E-state index in [4.69, 9.17) is 25.2 Å². The minimum Gasteiger partial charge on any atom is -0.486 e. The minimum atomic E-state index is -0.403. The zero-order valence-electron chi connectivity index (χ0n) is 17.1. The van der Waals surface area contributed by atoms with Crippen LogP contribution in [0.1, 0.15) is 6.42 Å². The normalized spacial score (nSPS) is 15.1. The van der Waals surface area contributed by atoms with Crippen LogP contribution in [0.3, 0.4) is 0 Å². The van der Waals surface area contributed by atoms with Crippen molar-refractivity contribution in [3.63, 3.8) is 0 Å². The van der Waals surface area contributed by atoms with E-state index in [9.17, 15) is 4.79 Å². The van der Waals surface area contributed by atoms with Gasteiger partial charge in [0, 0.05) is 49.6 Å². The second-order valence-corrected chi connectivity index (χ2v) is 8.11. The molecule has 0 radical (unpaired) electrons. The summed E-state index contributed by atoms with van der Waals surface area (Å²) >= 11 is 6.33. The van der Waals surface area contributed by atoms with Crippen molar-refractivity contribution in [1.29, 1.82) is 0 Å². The molecule has 0 atom stereocenters. The highest BCUT2D eigenvalue weighted by Gasteiger charge is 2.19. The summed E-state index contributed by atoms with van der Waals surface area (Å²) in [5.41, 5.74) is 1.74. The molecule has 0 saturated carbocycles. The van der Waals surface area contributed by atoms with Gasteiger partial charge in [-0.25, -0.2) is 4.79 Å². The van der Waals surface area contributed by atoms with E-state index in [-0.39, 0.29) is 0 Å². The molecule has 0 bridgehead atoms. The van der Waals surface area contributed by atoms with E-state index in [1.54, 1.807) is 12.3 Å². The van der Waals surface area contributed by atoms with Crippen LogP contribution in [0.2, 0.25) is 5.02 Å². The maximum Gasteiger partial charge on any atom is 0.336 e. The van der Waals surface area contributed by atoms with Gasteiger partial charge in [-0.2, -0.15) is 0 Å². The Morgan fingerprint density at radius 2 is 1.77 bits per heavy atom. The lowest BCUT2D eigenvalue weighted by atomic mass is 10.1. The van der Waals surface area contributed by atoms with Gasteiger partial charge < -0.3 is 18.5 Å². The van der Waals surface area contributed by atoms with Gasteiger partial charge >= 0.3 is 5.63 Å². The molecule has 31 heavy (non-hydrogen) atoms. The molecule has 1 aliphatic rings. The van der Waals surface area contributed by atoms with Crippen LogP contribution in [0, 0.1) is 0 Å². The molecule has 5 rings (SSSR count). The molecule has 2 aromatic heterocycles. The number of halogens is 1. The fourth-order valence-electron chi connectivity index (χ4n) is 4.12. The van der Waals surface area contributed by atoms with Gasteiger partial charge in [-0.05, 0) is 36.8 Å². The third-order valence-electron chi connectivity index (χ3n) is 5.71. The van der Waals surface area contributed by atoms with E-state index >= 15 is 0 Å². The lowest BCUT2D eigenvalue weighted by Gasteiger charge is -2.36. The number of piperazine rings is 1. The van der Waals surface area contributed by atoms with Gasteiger partial charge in [0.1, 0.15) is 0 Å². The van der Waals surface area contributed by atoms with Gasteiger partial charge in [-0.3, -0.25) is 4.90 Å². The molecule has 0 amide bonds. The maximum atomic E-state index is 11.7. The molecule has 1 saturated heterocycles. The SMILES string of the molecule is O=c1ccc2cc3ccoc3c(OCCCN3CCN(c4ccccc4Cl)CC3)c2o1. The standard InChI is InChI=1S/C24H23ClN2O4/c25-19-4-1-2-5-20(19)27-12-10-26(11-13-27)9-3-14-29-24-22-18(8-15-30-22)16-17-6-7-21(28)31-23(17)24/h1-2,4-8,15-16H,3,9-14H2. The molecular formula is C24H23ClN2O4. The van der Waals surface area contributed by atoms with Gasteiger partial charge in [0.15, 0.2) is 11.2 Å². The van der Waals surface area contributed by atoms with Crippen molar-refractivity contribution in [3.05, 3.63) is 70.2 Å². The van der Waals surface area contributed by atoms with Gasteiger partial charge in [-0.1, -0.05) is 23.7 Å². The number of hydrogen-bond acceptors (Lipinski definition) is 6. The van der Waals surface area contributed by atoms with Crippen molar-refractivity contribution >= 4 is 39.2 Å². The first-order chi connectivity index (χ1) is 15.2. The van der Waals surface area contributed by atoms with Crippen molar-refractivity contribution in [2.24, 2.45) is 0 Å². The lowest BCUT2D eigenvalue weighted by Crippen LogP contribution is -2.46. The van der Waals surface area contributed by atoms with Crippen molar-refractivity contribution < 1.29 is 13.6 Å². The molecule has 0 N–H and O–H groups in total. The monoisotopic (exact) mass is 438 g/mol. The Morgan fingerprint density at radius 3 is 2.61 bits per heavy atom. The van der Waals surface area contributed by atoms with E-state index in [0.29, 0.717) is 23.5 Å². The van der Waals surface area contributed by atoms with Crippen molar-refractivity contribution in [2.75, 3.05) is 44.2 Å². The Hall–Kier alpha value is -2.96. The Morgan fingerprint density at radius 1 is 0.968 bits per heavy atom. The lowest BCUT2D eigenvalue weighted by molar-refractivity contribution is 0.224. The van der Waals surface area contributed by atoms with E-state index in [0.717, 1.165) is 60.6 Å². The zero-order chi connectivity index (χ0) is 21.2. The molecular weight excluding hydrogens is 416 g/mol. The summed E-state index contributed by atoms with van der Waals surface area (Å²) in [6.07, 6.45) is 2.48. The highest BCUT2D eigenvalue weighted by molar-refractivity contribution is 6.33. The number of nitrogens with zero attached hydrogens (tertiary/aromatic N) is 2. The second-order valence-electron chi connectivity index (χ2n) is 7.70. The molecule has 160 valence electrons. The zero-order valence-corrected chi connectivity index (χ0v) is 17.8. The number of furan rings is 1. The summed E-state index contributed by atoms with van der Waals surface area (Å²) in [5, 5.41) is 2.54. The molecule has 0 aliphatic carbocycles. The van der Waals surface area contributed by atoms with Crippen molar-refractivity contribution in [2.45, 2.75) is 6.42 Å². The first-order valence-electron chi connectivity index (χ1n) is 10.5. The number of para-hydroxylation sites is 1. The highest BCUT2D eigenvalue weighted by atomic mass is 35.5. The third kappa shape index (κ3) is 4.13. The fraction of sp³-hybridized carbons (Fsp3) is 0.292. The summed E-state index contributed by atoms with van der Waals surface area (Å²) in [6, 6.07) is 15.0. The summed E-state index contributed by atoms with van der Waals surface area (Å²) in [7, 11) is 0. The minimum absolute atomic E-state index is 0.403. The molecule has 7 heteroatoms. The van der Waals surface area contributed by atoms with Gasteiger partial charge in [0.2, 0.25) is 5.75 Å². The number of hydrogen-bond donors (Lipinski definition) is 0. The quantitative estimate of drug-likeness (QED) is 0.319.